The number of rotatable bonds is 4. The van der Waals surface area contributed by atoms with E-state index >= 15 is 0 Å². The molecule has 4 heterocycles. The lowest BCUT2D eigenvalue weighted by Gasteiger charge is -2.42. The maximum Gasteiger partial charge on any atom is 0.211 e. The fourth-order valence-corrected chi connectivity index (χ4v) is 6.23. The van der Waals surface area contributed by atoms with Crippen molar-refractivity contribution in [3.05, 3.63) is 23.1 Å². The Morgan fingerprint density at radius 1 is 1.17 bits per heavy atom. The van der Waals surface area contributed by atoms with Gasteiger partial charge in [0, 0.05) is 25.6 Å². The quantitative estimate of drug-likeness (QED) is 0.751. The van der Waals surface area contributed by atoms with E-state index in [1.54, 1.807) is 0 Å². The monoisotopic (exact) mass is 434 g/mol. The minimum Gasteiger partial charge on any atom is -0.387 e. The largest absolute Gasteiger partial charge is 0.387 e. The van der Waals surface area contributed by atoms with Crippen molar-refractivity contribution in [2.24, 2.45) is 0 Å². The molecule has 5 rings (SSSR count). The maximum atomic E-state index is 11.9. The van der Waals surface area contributed by atoms with Crippen LogP contribution in [0.1, 0.15) is 55.1 Å². The van der Waals surface area contributed by atoms with Gasteiger partial charge >= 0.3 is 0 Å². The molecule has 2 aromatic rings. The maximum absolute atomic E-state index is 11.9. The Balaban J connectivity index is 1.24. The molecular formula is C20H30N6O3S. The highest BCUT2D eigenvalue weighted by atomic mass is 32.2. The molecule has 0 saturated carbocycles. The van der Waals surface area contributed by atoms with Crippen LogP contribution < -0.4 is 0 Å². The van der Waals surface area contributed by atoms with Gasteiger partial charge in [-0.25, -0.2) is 8.42 Å². The first kappa shape index (κ1) is 20.3. The second-order valence-electron chi connectivity index (χ2n) is 9.27. The molecule has 2 aliphatic heterocycles. The second kappa shape index (κ2) is 7.51. The molecule has 0 spiro atoms. The number of β-amino-alcohol motifs (C(OH)–C–C–N with tert-alkyl or cyclic N) is 1. The Labute approximate surface area is 177 Å². The minimum atomic E-state index is -3.27. The Hall–Kier alpha value is -1.62. The summed E-state index contributed by atoms with van der Waals surface area (Å²) in [6.07, 6.45) is 7.71. The Kier molecular flexibility index (Phi) is 5.08. The minimum absolute atomic E-state index is 0.190. The van der Waals surface area contributed by atoms with Crippen LogP contribution in [0.2, 0.25) is 0 Å². The van der Waals surface area contributed by atoms with Crippen LogP contribution in [-0.2, 0) is 22.9 Å². The van der Waals surface area contributed by atoms with Crippen molar-refractivity contribution in [2.75, 3.05) is 39.0 Å². The molecule has 1 atom stereocenters. The molecule has 0 bridgehead atoms. The third-order valence-corrected chi connectivity index (χ3v) is 8.15. The molecule has 2 saturated heterocycles. The summed E-state index contributed by atoms with van der Waals surface area (Å²) in [7, 11) is -3.27. The molecule has 3 aliphatic rings. The number of nitrogens with zero attached hydrogens (tertiary/aromatic N) is 6. The molecule has 30 heavy (non-hydrogen) atoms. The van der Waals surface area contributed by atoms with Gasteiger partial charge in [0.05, 0.1) is 17.6 Å². The van der Waals surface area contributed by atoms with Crippen LogP contribution in [0, 0.1) is 0 Å². The summed E-state index contributed by atoms with van der Waals surface area (Å²) in [5.41, 5.74) is 2.35. The van der Waals surface area contributed by atoms with Gasteiger partial charge in [0.15, 0.2) is 11.5 Å². The second-order valence-corrected chi connectivity index (χ2v) is 11.3. The van der Waals surface area contributed by atoms with Crippen molar-refractivity contribution in [3.63, 3.8) is 0 Å². The van der Waals surface area contributed by atoms with Crippen LogP contribution in [0.15, 0.2) is 6.07 Å². The van der Waals surface area contributed by atoms with Gasteiger partial charge in [-0.3, -0.25) is 0 Å². The van der Waals surface area contributed by atoms with Gasteiger partial charge in [-0.15, -0.1) is 10.2 Å². The van der Waals surface area contributed by atoms with E-state index in [0.717, 1.165) is 56.7 Å². The molecule has 10 heteroatoms. The summed E-state index contributed by atoms with van der Waals surface area (Å²) in [5, 5.41) is 24.7. The fraction of sp³-hybridized carbons (Fsp3) is 0.750. The summed E-state index contributed by atoms with van der Waals surface area (Å²) < 4.78 is 27.1. The normalized spacial score (nSPS) is 27.0. The number of aryl methyl sites for hydroxylation is 2. The van der Waals surface area contributed by atoms with E-state index in [1.807, 2.05) is 4.52 Å². The summed E-state index contributed by atoms with van der Waals surface area (Å²) in [6.45, 7) is 2.91. The summed E-state index contributed by atoms with van der Waals surface area (Å²) in [5.74, 6) is 1.25. The molecule has 0 aromatic carbocycles. The number of piperidine rings is 2. The highest BCUT2D eigenvalue weighted by Crippen LogP contribution is 2.31. The molecule has 1 N–H and O–H groups in total. The third kappa shape index (κ3) is 3.86. The lowest BCUT2D eigenvalue weighted by Crippen LogP contribution is -2.56. The Morgan fingerprint density at radius 3 is 2.73 bits per heavy atom. The molecule has 164 valence electrons. The van der Waals surface area contributed by atoms with E-state index in [2.05, 4.69) is 21.2 Å². The lowest BCUT2D eigenvalue weighted by atomic mass is 9.91. The van der Waals surface area contributed by atoms with E-state index in [1.165, 1.54) is 21.8 Å². The van der Waals surface area contributed by atoms with Gasteiger partial charge in [-0.05, 0) is 69.7 Å². The SMILES string of the molecule is CS(=O)(=O)N1CCCC(O)(CN2CCC(c3nnc4cc5c(nn34)CCC5)CC2)C1. The summed E-state index contributed by atoms with van der Waals surface area (Å²) >= 11 is 0. The molecule has 1 unspecified atom stereocenters. The number of hydrogen-bond acceptors (Lipinski definition) is 7. The van der Waals surface area contributed by atoms with E-state index < -0.39 is 15.6 Å². The number of sulfonamides is 1. The number of aromatic nitrogens is 4. The van der Waals surface area contributed by atoms with Gasteiger partial charge in [0.2, 0.25) is 10.0 Å². The highest BCUT2D eigenvalue weighted by Gasteiger charge is 2.39. The van der Waals surface area contributed by atoms with Crippen LogP contribution in [0.3, 0.4) is 0 Å². The molecule has 0 radical (unpaired) electrons. The zero-order valence-corrected chi connectivity index (χ0v) is 18.3. The predicted octanol–water partition coefficient (Wildman–Crippen LogP) is 0.579. The average molecular weight is 435 g/mol. The first-order chi connectivity index (χ1) is 14.3. The standard InChI is InChI=1S/C20H30N6O3S/c1-30(28,29)25-9-3-8-20(27,14-25)13-24-10-6-15(7-11-24)19-22-21-18-12-16-4-2-5-17(16)23-26(18)19/h12,15,27H,2-11,13-14H2,1H3. The molecule has 2 aromatic heterocycles. The van der Waals surface area contributed by atoms with Crippen LogP contribution >= 0.6 is 0 Å². The van der Waals surface area contributed by atoms with Crippen LogP contribution in [-0.4, -0.2) is 87.1 Å². The van der Waals surface area contributed by atoms with Crippen molar-refractivity contribution in [2.45, 2.75) is 56.5 Å². The van der Waals surface area contributed by atoms with E-state index in [0.29, 0.717) is 31.8 Å². The molecule has 2 fully saturated rings. The zero-order valence-electron chi connectivity index (χ0n) is 17.5. The van der Waals surface area contributed by atoms with Gasteiger partial charge < -0.3 is 10.0 Å². The predicted molar refractivity (Wildman–Crippen MR) is 112 cm³/mol. The Bertz CT molecular complexity index is 1050. The first-order valence-corrected chi connectivity index (χ1v) is 12.8. The van der Waals surface area contributed by atoms with Crippen molar-refractivity contribution in [1.82, 2.24) is 29.0 Å². The number of aliphatic hydroxyl groups is 1. The number of fused-ring (bicyclic) bond motifs is 2. The lowest BCUT2D eigenvalue weighted by molar-refractivity contribution is -0.0389. The van der Waals surface area contributed by atoms with Gasteiger partial charge in [-0.2, -0.15) is 13.9 Å². The van der Waals surface area contributed by atoms with E-state index in [9.17, 15) is 13.5 Å². The van der Waals surface area contributed by atoms with Gasteiger partial charge in [0.25, 0.3) is 0 Å². The molecule has 0 amide bonds. The van der Waals surface area contributed by atoms with Crippen molar-refractivity contribution >= 4 is 15.7 Å². The molecular weight excluding hydrogens is 404 g/mol. The van der Waals surface area contributed by atoms with Gasteiger partial charge in [0.1, 0.15) is 0 Å². The van der Waals surface area contributed by atoms with E-state index in [-0.39, 0.29) is 6.54 Å². The number of hydrogen-bond donors (Lipinski definition) is 1. The van der Waals surface area contributed by atoms with Crippen LogP contribution in [0.25, 0.3) is 5.65 Å². The van der Waals surface area contributed by atoms with Gasteiger partial charge in [-0.1, -0.05) is 0 Å². The smallest absolute Gasteiger partial charge is 0.211 e. The van der Waals surface area contributed by atoms with Crippen molar-refractivity contribution < 1.29 is 13.5 Å². The first-order valence-electron chi connectivity index (χ1n) is 10.9. The topological polar surface area (TPSA) is 104 Å². The highest BCUT2D eigenvalue weighted by molar-refractivity contribution is 7.88. The average Bonchev–Trinajstić information content (AvgIpc) is 3.32. The summed E-state index contributed by atoms with van der Waals surface area (Å²) in [6, 6.07) is 2.13. The zero-order chi connectivity index (χ0) is 20.9. The third-order valence-electron chi connectivity index (χ3n) is 6.90. The molecule has 9 nitrogen and oxygen atoms in total. The van der Waals surface area contributed by atoms with E-state index in [4.69, 9.17) is 5.10 Å². The molecule has 1 aliphatic carbocycles. The Morgan fingerprint density at radius 2 is 1.97 bits per heavy atom. The van der Waals surface area contributed by atoms with Crippen LogP contribution in [0.4, 0.5) is 0 Å². The number of likely N-dealkylation sites (tertiary alicyclic amines) is 1. The van der Waals surface area contributed by atoms with Crippen LogP contribution in [0.5, 0.6) is 0 Å². The van der Waals surface area contributed by atoms with Crippen molar-refractivity contribution in [1.29, 1.82) is 0 Å². The fourth-order valence-electron chi connectivity index (χ4n) is 5.30. The summed E-state index contributed by atoms with van der Waals surface area (Å²) in [4.78, 5) is 2.26. The van der Waals surface area contributed by atoms with Crippen molar-refractivity contribution in [3.8, 4) is 0 Å².